The first-order chi connectivity index (χ1) is 9.61. The van der Waals surface area contributed by atoms with E-state index in [9.17, 15) is 4.39 Å². The van der Waals surface area contributed by atoms with Crippen LogP contribution in [0.15, 0.2) is 48.5 Å². The van der Waals surface area contributed by atoms with E-state index in [1.165, 1.54) is 12.1 Å². The number of nitriles is 1. The normalized spacial score (nSPS) is 12.2. The SMILES string of the molecule is CC(c1ccc(F)cc1)N(C)Cc1ccccc1C#N. The van der Waals surface area contributed by atoms with Crippen molar-refractivity contribution in [1.29, 1.82) is 5.26 Å². The molecule has 0 spiro atoms. The van der Waals surface area contributed by atoms with Crippen molar-refractivity contribution in [3.63, 3.8) is 0 Å². The molecule has 0 N–H and O–H groups in total. The summed E-state index contributed by atoms with van der Waals surface area (Å²) in [6, 6.07) is 16.5. The van der Waals surface area contributed by atoms with Gasteiger partial charge in [0.15, 0.2) is 0 Å². The maximum Gasteiger partial charge on any atom is 0.123 e. The van der Waals surface area contributed by atoms with Crippen LogP contribution < -0.4 is 0 Å². The van der Waals surface area contributed by atoms with Gasteiger partial charge in [-0.25, -0.2) is 4.39 Å². The first-order valence-corrected chi connectivity index (χ1v) is 6.55. The highest BCUT2D eigenvalue weighted by Crippen LogP contribution is 2.21. The summed E-state index contributed by atoms with van der Waals surface area (Å²) in [6.07, 6.45) is 0. The van der Waals surface area contributed by atoms with Gasteiger partial charge in [-0.15, -0.1) is 0 Å². The average molecular weight is 268 g/mol. The smallest absolute Gasteiger partial charge is 0.123 e. The molecule has 0 aromatic heterocycles. The molecule has 0 fully saturated rings. The van der Waals surface area contributed by atoms with Gasteiger partial charge in [0.2, 0.25) is 0 Å². The number of rotatable bonds is 4. The fourth-order valence-corrected chi connectivity index (χ4v) is 2.17. The minimum atomic E-state index is -0.224. The van der Waals surface area contributed by atoms with Crippen LogP contribution in [0.4, 0.5) is 4.39 Å². The molecule has 1 unspecified atom stereocenters. The highest BCUT2D eigenvalue weighted by Gasteiger charge is 2.13. The molecule has 3 heteroatoms. The maximum atomic E-state index is 12.9. The predicted molar refractivity (Wildman–Crippen MR) is 77.4 cm³/mol. The van der Waals surface area contributed by atoms with Crippen LogP contribution in [0.3, 0.4) is 0 Å². The van der Waals surface area contributed by atoms with E-state index in [0.717, 1.165) is 11.1 Å². The Morgan fingerprint density at radius 1 is 1.15 bits per heavy atom. The Morgan fingerprint density at radius 2 is 1.80 bits per heavy atom. The molecule has 0 amide bonds. The lowest BCUT2D eigenvalue weighted by Gasteiger charge is -2.25. The second-order valence-electron chi connectivity index (χ2n) is 4.91. The third kappa shape index (κ3) is 3.23. The number of nitrogens with zero attached hydrogens (tertiary/aromatic N) is 2. The molecule has 0 aliphatic heterocycles. The van der Waals surface area contributed by atoms with E-state index in [2.05, 4.69) is 17.9 Å². The van der Waals surface area contributed by atoms with Gasteiger partial charge in [0.25, 0.3) is 0 Å². The molecule has 20 heavy (non-hydrogen) atoms. The van der Waals surface area contributed by atoms with Crippen LogP contribution in [-0.2, 0) is 6.54 Å². The summed E-state index contributed by atoms with van der Waals surface area (Å²) >= 11 is 0. The Morgan fingerprint density at radius 3 is 2.45 bits per heavy atom. The van der Waals surface area contributed by atoms with E-state index in [0.29, 0.717) is 12.1 Å². The molecule has 0 aliphatic rings. The first kappa shape index (κ1) is 14.2. The molecule has 2 rings (SSSR count). The monoisotopic (exact) mass is 268 g/mol. The minimum Gasteiger partial charge on any atom is -0.295 e. The molecule has 0 saturated heterocycles. The third-order valence-electron chi connectivity index (χ3n) is 3.57. The van der Waals surface area contributed by atoms with Gasteiger partial charge in [-0.2, -0.15) is 5.26 Å². The summed E-state index contributed by atoms with van der Waals surface area (Å²) < 4.78 is 12.9. The van der Waals surface area contributed by atoms with Crippen LogP contribution in [0.25, 0.3) is 0 Å². The second-order valence-corrected chi connectivity index (χ2v) is 4.91. The Hall–Kier alpha value is -2.18. The minimum absolute atomic E-state index is 0.155. The molecule has 0 radical (unpaired) electrons. The Balaban J connectivity index is 2.13. The van der Waals surface area contributed by atoms with E-state index in [1.807, 2.05) is 31.3 Å². The van der Waals surface area contributed by atoms with Crippen LogP contribution in [0.1, 0.15) is 29.7 Å². The van der Waals surface area contributed by atoms with E-state index < -0.39 is 0 Å². The van der Waals surface area contributed by atoms with Gasteiger partial charge < -0.3 is 0 Å². The summed E-state index contributed by atoms with van der Waals surface area (Å²) in [5.41, 5.74) is 2.76. The van der Waals surface area contributed by atoms with E-state index in [4.69, 9.17) is 5.26 Å². The van der Waals surface area contributed by atoms with Crippen LogP contribution in [0.2, 0.25) is 0 Å². The Labute approximate surface area is 119 Å². The van der Waals surface area contributed by atoms with Crippen LogP contribution in [-0.4, -0.2) is 11.9 Å². The van der Waals surface area contributed by atoms with Gasteiger partial charge in [0, 0.05) is 12.6 Å². The summed E-state index contributed by atoms with van der Waals surface area (Å²) in [4.78, 5) is 2.14. The van der Waals surface area contributed by atoms with Gasteiger partial charge in [0.05, 0.1) is 11.6 Å². The van der Waals surface area contributed by atoms with E-state index >= 15 is 0 Å². The van der Waals surface area contributed by atoms with Crippen molar-refractivity contribution in [3.05, 3.63) is 71.0 Å². The molecular weight excluding hydrogens is 251 g/mol. The van der Waals surface area contributed by atoms with Gasteiger partial charge in [-0.1, -0.05) is 30.3 Å². The topological polar surface area (TPSA) is 27.0 Å². The van der Waals surface area contributed by atoms with Gasteiger partial charge in [-0.3, -0.25) is 4.90 Å². The van der Waals surface area contributed by atoms with Crippen molar-refractivity contribution in [3.8, 4) is 6.07 Å². The van der Waals surface area contributed by atoms with E-state index in [1.54, 1.807) is 12.1 Å². The molecule has 102 valence electrons. The lowest BCUT2D eigenvalue weighted by molar-refractivity contribution is 0.253. The van der Waals surface area contributed by atoms with E-state index in [-0.39, 0.29) is 11.9 Å². The zero-order chi connectivity index (χ0) is 14.5. The summed E-state index contributed by atoms with van der Waals surface area (Å²) in [6.45, 7) is 2.75. The molecule has 2 aromatic carbocycles. The zero-order valence-corrected chi connectivity index (χ0v) is 11.7. The Kier molecular flexibility index (Phi) is 4.49. The second kappa shape index (κ2) is 6.31. The molecule has 0 heterocycles. The van der Waals surface area contributed by atoms with Crippen molar-refractivity contribution in [1.82, 2.24) is 4.90 Å². The molecule has 0 aliphatic carbocycles. The highest BCUT2D eigenvalue weighted by atomic mass is 19.1. The molecule has 0 bridgehead atoms. The Bertz CT molecular complexity index is 614. The van der Waals surface area contributed by atoms with Crippen molar-refractivity contribution in [2.75, 3.05) is 7.05 Å². The number of hydrogen-bond donors (Lipinski definition) is 0. The van der Waals surface area contributed by atoms with Crippen LogP contribution in [0, 0.1) is 17.1 Å². The third-order valence-corrected chi connectivity index (χ3v) is 3.57. The quantitative estimate of drug-likeness (QED) is 0.841. The average Bonchev–Trinajstić information content (AvgIpc) is 2.48. The lowest BCUT2D eigenvalue weighted by atomic mass is 10.0. The van der Waals surface area contributed by atoms with Gasteiger partial charge in [0.1, 0.15) is 5.82 Å². The molecule has 1 atom stereocenters. The largest absolute Gasteiger partial charge is 0.295 e. The molecule has 0 saturated carbocycles. The van der Waals surface area contributed by atoms with Crippen LogP contribution in [0.5, 0.6) is 0 Å². The van der Waals surface area contributed by atoms with Crippen molar-refractivity contribution >= 4 is 0 Å². The number of benzene rings is 2. The first-order valence-electron chi connectivity index (χ1n) is 6.55. The lowest BCUT2D eigenvalue weighted by Crippen LogP contribution is -2.22. The zero-order valence-electron chi connectivity index (χ0n) is 11.7. The van der Waals surface area contributed by atoms with Crippen molar-refractivity contribution in [2.24, 2.45) is 0 Å². The summed E-state index contributed by atoms with van der Waals surface area (Å²) in [5.74, 6) is -0.224. The standard InChI is InChI=1S/C17H17FN2/c1-13(14-7-9-17(18)10-8-14)20(2)12-16-6-4-3-5-15(16)11-19/h3-10,13H,12H2,1-2H3. The molecule has 2 aromatic rings. The van der Waals surface area contributed by atoms with Gasteiger partial charge in [-0.05, 0) is 43.3 Å². The number of halogens is 1. The number of hydrogen-bond acceptors (Lipinski definition) is 2. The van der Waals surface area contributed by atoms with Crippen LogP contribution >= 0.6 is 0 Å². The molecule has 2 nitrogen and oxygen atoms in total. The van der Waals surface area contributed by atoms with Crippen molar-refractivity contribution in [2.45, 2.75) is 19.5 Å². The summed E-state index contributed by atoms with van der Waals surface area (Å²) in [5, 5.41) is 9.11. The fraction of sp³-hybridized carbons (Fsp3) is 0.235. The fourth-order valence-electron chi connectivity index (χ4n) is 2.17. The molecular formula is C17H17FN2. The highest BCUT2D eigenvalue weighted by molar-refractivity contribution is 5.37. The summed E-state index contributed by atoms with van der Waals surface area (Å²) in [7, 11) is 2.00. The van der Waals surface area contributed by atoms with Gasteiger partial charge >= 0.3 is 0 Å². The maximum absolute atomic E-state index is 12.9. The van der Waals surface area contributed by atoms with Crippen molar-refractivity contribution < 1.29 is 4.39 Å². The predicted octanol–water partition coefficient (Wildman–Crippen LogP) is 3.89.